The summed E-state index contributed by atoms with van der Waals surface area (Å²) in [4.78, 5) is 23.8. The number of carbonyl (C=O) groups excluding carboxylic acids is 1. The van der Waals surface area contributed by atoms with Gasteiger partial charge in [0.15, 0.2) is 5.75 Å². The minimum absolute atomic E-state index is 0.109. The van der Waals surface area contributed by atoms with Crippen LogP contribution in [0.4, 0.5) is 0 Å². The Bertz CT molecular complexity index is 752. The van der Waals surface area contributed by atoms with E-state index in [0.717, 1.165) is 11.3 Å². The van der Waals surface area contributed by atoms with E-state index < -0.39 is 0 Å². The second kappa shape index (κ2) is 7.49. The van der Waals surface area contributed by atoms with E-state index in [4.69, 9.17) is 9.47 Å². The zero-order valence-corrected chi connectivity index (χ0v) is 13.5. The standard InChI is InChI=1S/C17H20N2O4/c1-12-8-14(20)16(23-3)10-19(12)11-17(21)18-9-13-6-4-5-7-15(13)22-2/h4-8,10H,9,11H2,1-3H3,(H,18,21). The van der Waals surface area contributed by atoms with E-state index >= 15 is 0 Å². The lowest BCUT2D eigenvalue weighted by molar-refractivity contribution is -0.121. The van der Waals surface area contributed by atoms with Crippen LogP contribution in [0.1, 0.15) is 11.3 Å². The van der Waals surface area contributed by atoms with Crippen molar-refractivity contribution in [3.05, 3.63) is 58.0 Å². The maximum Gasteiger partial charge on any atom is 0.240 e. The molecule has 2 rings (SSSR count). The summed E-state index contributed by atoms with van der Waals surface area (Å²) in [5.74, 6) is 0.784. The minimum atomic E-state index is -0.198. The molecule has 1 amide bonds. The van der Waals surface area contributed by atoms with Crippen LogP contribution in [0.2, 0.25) is 0 Å². The molecule has 1 N–H and O–H groups in total. The number of hydrogen-bond donors (Lipinski definition) is 1. The van der Waals surface area contributed by atoms with Gasteiger partial charge in [0.1, 0.15) is 12.3 Å². The SMILES string of the molecule is COc1ccccc1CNC(=O)Cn1cc(OC)c(=O)cc1C. The van der Waals surface area contributed by atoms with Gasteiger partial charge in [0.25, 0.3) is 0 Å². The quantitative estimate of drug-likeness (QED) is 0.876. The fraction of sp³-hybridized carbons (Fsp3) is 0.294. The molecule has 0 fully saturated rings. The second-order valence-electron chi connectivity index (χ2n) is 5.06. The number of hydrogen-bond acceptors (Lipinski definition) is 4. The first-order valence-electron chi connectivity index (χ1n) is 7.19. The normalized spacial score (nSPS) is 10.2. The molecule has 1 heterocycles. The number of rotatable bonds is 6. The lowest BCUT2D eigenvalue weighted by atomic mass is 10.2. The first-order chi connectivity index (χ1) is 11.0. The average molecular weight is 316 g/mol. The predicted molar refractivity (Wildman–Crippen MR) is 86.8 cm³/mol. The third-order valence-electron chi connectivity index (χ3n) is 3.51. The Labute approximate surface area is 134 Å². The molecule has 122 valence electrons. The summed E-state index contributed by atoms with van der Waals surface area (Å²) < 4.78 is 11.9. The molecule has 0 radical (unpaired) electrons. The smallest absolute Gasteiger partial charge is 0.240 e. The van der Waals surface area contributed by atoms with Gasteiger partial charge in [-0.2, -0.15) is 0 Å². The van der Waals surface area contributed by atoms with E-state index in [1.165, 1.54) is 13.2 Å². The third kappa shape index (κ3) is 4.12. The molecular weight excluding hydrogens is 296 g/mol. The zero-order chi connectivity index (χ0) is 16.8. The molecule has 6 nitrogen and oxygen atoms in total. The van der Waals surface area contributed by atoms with Gasteiger partial charge in [0, 0.05) is 23.9 Å². The van der Waals surface area contributed by atoms with Crippen LogP contribution < -0.4 is 20.2 Å². The number of nitrogens with one attached hydrogen (secondary N) is 1. The maximum absolute atomic E-state index is 12.1. The molecule has 1 aromatic carbocycles. The van der Waals surface area contributed by atoms with E-state index in [1.807, 2.05) is 24.3 Å². The maximum atomic E-state index is 12.1. The van der Waals surface area contributed by atoms with Gasteiger partial charge in [-0.3, -0.25) is 9.59 Å². The number of aryl methyl sites for hydroxylation is 1. The van der Waals surface area contributed by atoms with Crippen LogP contribution in [-0.4, -0.2) is 24.7 Å². The summed E-state index contributed by atoms with van der Waals surface area (Å²) in [6.45, 7) is 2.26. The van der Waals surface area contributed by atoms with Crippen molar-refractivity contribution in [1.82, 2.24) is 9.88 Å². The third-order valence-corrected chi connectivity index (χ3v) is 3.51. The Kier molecular flexibility index (Phi) is 5.41. The van der Waals surface area contributed by atoms with Gasteiger partial charge in [-0.15, -0.1) is 0 Å². The van der Waals surface area contributed by atoms with Gasteiger partial charge >= 0.3 is 0 Å². The fourth-order valence-corrected chi connectivity index (χ4v) is 2.23. The number of methoxy groups -OCH3 is 2. The first kappa shape index (κ1) is 16.6. The number of nitrogens with zero attached hydrogens (tertiary/aromatic N) is 1. The van der Waals surface area contributed by atoms with E-state index in [1.54, 1.807) is 24.8 Å². The van der Waals surface area contributed by atoms with Crippen LogP contribution in [0.15, 0.2) is 41.3 Å². The second-order valence-corrected chi connectivity index (χ2v) is 5.06. The molecule has 0 aliphatic rings. The zero-order valence-electron chi connectivity index (χ0n) is 13.5. The van der Waals surface area contributed by atoms with Gasteiger partial charge in [-0.1, -0.05) is 18.2 Å². The highest BCUT2D eigenvalue weighted by molar-refractivity contribution is 5.75. The Balaban J connectivity index is 2.04. The van der Waals surface area contributed by atoms with Crippen molar-refractivity contribution in [1.29, 1.82) is 0 Å². The van der Waals surface area contributed by atoms with Crippen LogP contribution in [0.3, 0.4) is 0 Å². The number of ether oxygens (including phenoxy) is 2. The Morgan fingerprint density at radius 3 is 2.57 bits per heavy atom. The first-order valence-corrected chi connectivity index (χ1v) is 7.19. The minimum Gasteiger partial charge on any atom is -0.496 e. The van der Waals surface area contributed by atoms with Crippen molar-refractivity contribution in [2.75, 3.05) is 14.2 Å². The molecule has 23 heavy (non-hydrogen) atoms. The fourth-order valence-electron chi connectivity index (χ4n) is 2.23. The Morgan fingerprint density at radius 1 is 1.17 bits per heavy atom. The van der Waals surface area contributed by atoms with Crippen LogP contribution in [0.25, 0.3) is 0 Å². The van der Waals surface area contributed by atoms with E-state index in [-0.39, 0.29) is 23.6 Å². The highest BCUT2D eigenvalue weighted by Gasteiger charge is 2.09. The molecule has 0 atom stereocenters. The summed E-state index contributed by atoms with van der Waals surface area (Å²) in [7, 11) is 3.02. The van der Waals surface area contributed by atoms with Gasteiger partial charge in [0.2, 0.25) is 11.3 Å². The van der Waals surface area contributed by atoms with Crippen molar-refractivity contribution in [3.8, 4) is 11.5 Å². The molecule has 6 heteroatoms. The summed E-state index contributed by atoms with van der Waals surface area (Å²) in [5.41, 5.74) is 1.40. The lowest BCUT2D eigenvalue weighted by Crippen LogP contribution is -2.28. The van der Waals surface area contributed by atoms with Gasteiger partial charge in [0.05, 0.1) is 20.4 Å². The largest absolute Gasteiger partial charge is 0.496 e. The molecule has 0 bridgehead atoms. The van der Waals surface area contributed by atoms with Crippen LogP contribution in [0, 0.1) is 6.92 Å². The van der Waals surface area contributed by atoms with Crippen LogP contribution in [0.5, 0.6) is 11.5 Å². The van der Waals surface area contributed by atoms with E-state index in [0.29, 0.717) is 12.2 Å². The van der Waals surface area contributed by atoms with Gasteiger partial charge in [-0.25, -0.2) is 0 Å². The number of benzene rings is 1. The summed E-state index contributed by atoms with van der Waals surface area (Å²) in [6.07, 6.45) is 1.54. The molecule has 0 aliphatic heterocycles. The highest BCUT2D eigenvalue weighted by atomic mass is 16.5. The van der Waals surface area contributed by atoms with E-state index in [2.05, 4.69) is 5.32 Å². The Morgan fingerprint density at radius 2 is 1.87 bits per heavy atom. The van der Waals surface area contributed by atoms with Crippen molar-refractivity contribution in [3.63, 3.8) is 0 Å². The van der Waals surface area contributed by atoms with Crippen LogP contribution in [-0.2, 0) is 17.9 Å². The van der Waals surface area contributed by atoms with Gasteiger partial charge in [-0.05, 0) is 13.0 Å². The van der Waals surface area contributed by atoms with Gasteiger partial charge < -0.3 is 19.4 Å². The van der Waals surface area contributed by atoms with Crippen molar-refractivity contribution in [2.45, 2.75) is 20.0 Å². The topological polar surface area (TPSA) is 69.6 Å². The average Bonchev–Trinajstić information content (AvgIpc) is 2.55. The molecule has 0 aliphatic carbocycles. The molecular formula is C17H20N2O4. The van der Waals surface area contributed by atoms with Crippen molar-refractivity contribution in [2.24, 2.45) is 0 Å². The summed E-state index contributed by atoms with van der Waals surface area (Å²) in [5, 5.41) is 2.84. The van der Waals surface area contributed by atoms with E-state index in [9.17, 15) is 9.59 Å². The van der Waals surface area contributed by atoms with Crippen molar-refractivity contribution >= 4 is 5.91 Å². The number of amides is 1. The molecule has 0 saturated carbocycles. The van der Waals surface area contributed by atoms with Crippen LogP contribution >= 0.6 is 0 Å². The highest BCUT2D eigenvalue weighted by Crippen LogP contribution is 2.16. The summed E-state index contributed by atoms with van der Waals surface area (Å²) in [6, 6.07) is 8.96. The molecule has 0 spiro atoms. The number of pyridine rings is 1. The van der Waals surface area contributed by atoms with Crippen molar-refractivity contribution < 1.29 is 14.3 Å². The Hall–Kier alpha value is -2.76. The number of aromatic nitrogens is 1. The molecule has 0 unspecified atom stereocenters. The number of carbonyl (C=O) groups is 1. The molecule has 1 aromatic heterocycles. The molecule has 0 saturated heterocycles. The molecule has 2 aromatic rings. The number of para-hydroxylation sites is 1. The summed E-state index contributed by atoms with van der Waals surface area (Å²) >= 11 is 0. The monoisotopic (exact) mass is 316 g/mol. The predicted octanol–water partition coefficient (Wildman–Crippen LogP) is 1.49. The lowest BCUT2D eigenvalue weighted by Gasteiger charge is -2.13.